The van der Waals surface area contributed by atoms with Gasteiger partial charge in [0, 0.05) is 24.5 Å². The standard InChI is InChI=1S/C14H22F3N3S/c1-3-6-18-10(2)12-9-21-13(19-12)20-7-4-11(5-8-20)14(15,16)17/h9-11,18H,3-8H2,1-2H3. The fraction of sp³-hybridized carbons (Fsp3) is 0.786. The summed E-state index contributed by atoms with van der Waals surface area (Å²) >= 11 is 1.52. The normalized spacial score (nSPS) is 19.0. The van der Waals surface area contributed by atoms with E-state index in [1.807, 2.05) is 10.3 Å². The van der Waals surface area contributed by atoms with E-state index in [0.29, 0.717) is 13.1 Å². The average molecular weight is 321 g/mol. The predicted molar refractivity (Wildman–Crippen MR) is 79.8 cm³/mol. The number of rotatable bonds is 5. The van der Waals surface area contributed by atoms with Crippen LogP contribution in [0.25, 0.3) is 0 Å². The summed E-state index contributed by atoms with van der Waals surface area (Å²) in [4.78, 5) is 6.55. The number of hydrogen-bond donors (Lipinski definition) is 1. The van der Waals surface area contributed by atoms with Crippen LogP contribution in [0.2, 0.25) is 0 Å². The zero-order valence-corrected chi connectivity index (χ0v) is 13.2. The molecule has 2 rings (SSSR count). The van der Waals surface area contributed by atoms with Crippen molar-refractivity contribution in [2.45, 2.75) is 45.3 Å². The Balaban J connectivity index is 1.91. The number of thiazole rings is 1. The van der Waals surface area contributed by atoms with Gasteiger partial charge in [-0.15, -0.1) is 11.3 Å². The Bertz CT molecular complexity index is 439. The molecule has 0 aliphatic carbocycles. The smallest absolute Gasteiger partial charge is 0.348 e. The quantitative estimate of drug-likeness (QED) is 0.889. The molecule has 7 heteroatoms. The first-order valence-electron chi connectivity index (χ1n) is 7.42. The first-order valence-corrected chi connectivity index (χ1v) is 8.30. The minimum absolute atomic E-state index is 0.169. The highest BCUT2D eigenvalue weighted by molar-refractivity contribution is 7.13. The number of halogens is 3. The van der Waals surface area contributed by atoms with E-state index in [-0.39, 0.29) is 18.9 Å². The molecule has 1 fully saturated rings. The van der Waals surface area contributed by atoms with Crippen LogP contribution in [-0.2, 0) is 0 Å². The lowest BCUT2D eigenvalue weighted by Crippen LogP contribution is -2.39. The minimum atomic E-state index is -4.06. The highest BCUT2D eigenvalue weighted by Gasteiger charge is 2.41. The van der Waals surface area contributed by atoms with Gasteiger partial charge in [0.2, 0.25) is 0 Å². The fourth-order valence-electron chi connectivity index (χ4n) is 2.48. The first kappa shape index (κ1) is 16.5. The van der Waals surface area contributed by atoms with Crippen molar-refractivity contribution in [2.24, 2.45) is 5.92 Å². The topological polar surface area (TPSA) is 28.2 Å². The lowest BCUT2D eigenvalue weighted by molar-refractivity contribution is -0.179. The molecule has 120 valence electrons. The molecule has 3 nitrogen and oxygen atoms in total. The molecule has 1 N–H and O–H groups in total. The molecule has 0 aromatic carbocycles. The van der Waals surface area contributed by atoms with Gasteiger partial charge in [-0.1, -0.05) is 6.92 Å². The lowest BCUT2D eigenvalue weighted by atomic mass is 9.97. The Morgan fingerprint density at radius 1 is 1.43 bits per heavy atom. The molecule has 1 aromatic heterocycles. The number of piperidine rings is 1. The zero-order valence-electron chi connectivity index (χ0n) is 12.4. The highest BCUT2D eigenvalue weighted by Crippen LogP contribution is 2.36. The second kappa shape index (κ2) is 6.96. The van der Waals surface area contributed by atoms with Crippen molar-refractivity contribution in [1.82, 2.24) is 10.3 Å². The summed E-state index contributed by atoms with van der Waals surface area (Å²) in [6.45, 7) is 5.98. The van der Waals surface area contributed by atoms with Crippen LogP contribution >= 0.6 is 11.3 Å². The molecule has 1 aliphatic rings. The molecule has 0 amide bonds. The van der Waals surface area contributed by atoms with E-state index in [2.05, 4.69) is 24.1 Å². The summed E-state index contributed by atoms with van der Waals surface area (Å²) in [6.07, 6.45) is -2.66. The summed E-state index contributed by atoms with van der Waals surface area (Å²) in [5, 5.41) is 6.21. The fourth-order valence-corrected chi connectivity index (χ4v) is 3.46. The van der Waals surface area contributed by atoms with Crippen LogP contribution in [0, 0.1) is 5.92 Å². The summed E-state index contributed by atoms with van der Waals surface area (Å²) < 4.78 is 38.0. The molecule has 1 aromatic rings. The maximum atomic E-state index is 12.7. The van der Waals surface area contributed by atoms with Gasteiger partial charge in [0.15, 0.2) is 5.13 Å². The van der Waals surface area contributed by atoms with Gasteiger partial charge in [0.05, 0.1) is 11.6 Å². The number of nitrogens with one attached hydrogen (secondary N) is 1. The molecule has 1 unspecified atom stereocenters. The van der Waals surface area contributed by atoms with E-state index in [0.717, 1.165) is 23.8 Å². The molecular weight excluding hydrogens is 299 g/mol. The Labute approximate surface area is 127 Å². The summed E-state index contributed by atoms with van der Waals surface area (Å²) in [5.74, 6) is -1.15. The van der Waals surface area contributed by atoms with Crippen LogP contribution in [0.4, 0.5) is 18.3 Å². The van der Waals surface area contributed by atoms with Crippen LogP contribution < -0.4 is 10.2 Å². The van der Waals surface area contributed by atoms with Crippen LogP contribution in [0.5, 0.6) is 0 Å². The molecule has 0 radical (unpaired) electrons. The third kappa shape index (κ3) is 4.32. The lowest BCUT2D eigenvalue weighted by Gasteiger charge is -2.32. The van der Waals surface area contributed by atoms with Crippen molar-refractivity contribution in [3.63, 3.8) is 0 Å². The molecule has 1 aliphatic heterocycles. The van der Waals surface area contributed by atoms with E-state index >= 15 is 0 Å². The van der Waals surface area contributed by atoms with Crippen molar-refractivity contribution in [3.05, 3.63) is 11.1 Å². The Kier molecular flexibility index (Phi) is 5.48. The number of alkyl halides is 3. The van der Waals surface area contributed by atoms with Crippen LogP contribution in [0.3, 0.4) is 0 Å². The van der Waals surface area contributed by atoms with Gasteiger partial charge in [0.25, 0.3) is 0 Å². The Morgan fingerprint density at radius 2 is 2.10 bits per heavy atom. The Morgan fingerprint density at radius 3 is 2.67 bits per heavy atom. The summed E-state index contributed by atoms with van der Waals surface area (Å²) in [7, 11) is 0. The molecule has 0 bridgehead atoms. The van der Waals surface area contributed by atoms with Gasteiger partial charge < -0.3 is 10.2 Å². The number of aromatic nitrogens is 1. The largest absolute Gasteiger partial charge is 0.391 e. The van der Waals surface area contributed by atoms with Gasteiger partial charge >= 0.3 is 6.18 Å². The molecule has 21 heavy (non-hydrogen) atoms. The van der Waals surface area contributed by atoms with E-state index in [1.54, 1.807) is 0 Å². The highest BCUT2D eigenvalue weighted by atomic mass is 32.1. The maximum absolute atomic E-state index is 12.7. The SMILES string of the molecule is CCCNC(C)c1csc(N2CCC(C(F)(F)F)CC2)n1. The summed E-state index contributed by atoms with van der Waals surface area (Å²) in [5.41, 5.74) is 0.974. The van der Waals surface area contributed by atoms with E-state index in [1.165, 1.54) is 11.3 Å². The number of anilines is 1. The van der Waals surface area contributed by atoms with Gasteiger partial charge in [-0.05, 0) is 32.7 Å². The first-order chi connectivity index (χ1) is 9.91. The van der Waals surface area contributed by atoms with Gasteiger partial charge in [0.1, 0.15) is 0 Å². The third-order valence-corrected chi connectivity index (χ3v) is 4.80. The monoisotopic (exact) mass is 321 g/mol. The zero-order chi connectivity index (χ0) is 15.5. The van der Waals surface area contributed by atoms with Crippen LogP contribution in [-0.4, -0.2) is 30.8 Å². The maximum Gasteiger partial charge on any atom is 0.391 e. The number of nitrogens with zero attached hydrogens (tertiary/aromatic N) is 2. The van der Waals surface area contributed by atoms with Crippen molar-refractivity contribution >= 4 is 16.5 Å². The van der Waals surface area contributed by atoms with Crippen molar-refractivity contribution < 1.29 is 13.2 Å². The van der Waals surface area contributed by atoms with Crippen LogP contribution in [0.15, 0.2) is 5.38 Å². The van der Waals surface area contributed by atoms with E-state index in [9.17, 15) is 13.2 Å². The second-order valence-electron chi connectivity index (χ2n) is 5.53. The van der Waals surface area contributed by atoms with Gasteiger partial charge in [-0.2, -0.15) is 13.2 Å². The van der Waals surface area contributed by atoms with E-state index in [4.69, 9.17) is 0 Å². The van der Waals surface area contributed by atoms with Gasteiger partial charge in [-0.3, -0.25) is 0 Å². The average Bonchev–Trinajstić information content (AvgIpc) is 2.94. The number of hydrogen-bond acceptors (Lipinski definition) is 4. The molecule has 2 heterocycles. The van der Waals surface area contributed by atoms with Crippen molar-refractivity contribution in [2.75, 3.05) is 24.5 Å². The van der Waals surface area contributed by atoms with Crippen molar-refractivity contribution in [1.29, 1.82) is 0 Å². The van der Waals surface area contributed by atoms with Crippen molar-refractivity contribution in [3.8, 4) is 0 Å². The van der Waals surface area contributed by atoms with Gasteiger partial charge in [-0.25, -0.2) is 4.98 Å². The molecule has 1 atom stereocenters. The molecule has 1 saturated heterocycles. The predicted octanol–water partition coefficient (Wildman–Crippen LogP) is 3.98. The Hall–Kier alpha value is -0.820. The third-order valence-electron chi connectivity index (χ3n) is 3.88. The van der Waals surface area contributed by atoms with E-state index < -0.39 is 12.1 Å². The molecule has 0 saturated carbocycles. The molecular formula is C14H22F3N3S. The summed E-state index contributed by atoms with van der Waals surface area (Å²) in [6, 6.07) is 0.183. The second-order valence-corrected chi connectivity index (χ2v) is 6.37. The van der Waals surface area contributed by atoms with Crippen LogP contribution in [0.1, 0.15) is 44.8 Å². The molecule has 0 spiro atoms. The minimum Gasteiger partial charge on any atom is -0.348 e.